The Morgan fingerprint density at radius 3 is 3.18 bits per heavy atom. The van der Waals surface area contributed by atoms with Gasteiger partial charge in [0.05, 0.1) is 12.2 Å². The molecule has 0 unspecified atom stereocenters. The van der Waals surface area contributed by atoms with Crippen molar-refractivity contribution < 1.29 is 4.79 Å². The topological polar surface area (TPSA) is 41.5 Å². The highest BCUT2D eigenvalue weighted by molar-refractivity contribution is 14.2. The van der Waals surface area contributed by atoms with Crippen molar-refractivity contribution in [1.82, 2.24) is 5.32 Å². The molecule has 0 aliphatic carbocycles. The van der Waals surface area contributed by atoms with Crippen LogP contribution in [-0.4, -0.2) is 12.5 Å². The predicted octanol–water partition coefficient (Wildman–Crippen LogP) is 1.69. The molecule has 0 aromatic carbocycles. The molecule has 0 aromatic heterocycles. The Hall–Kier alpha value is -0.520. The van der Waals surface area contributed by atoms with Gasteiger partial charge in [0, 0.05) is 28.0 Å². The molecule has 0 fully saturated rings. The zero-order valence-electron chi connectivity index (χ0n) is 6.17. The first kappa shape index (κ1) is 8.58. The van der Waals surface area contributed by atoms with Gasteiger partial charge in [-0.05, 0) is 10.2 Å². The monoisotopic (exact) mass is 264 g/mol. The second-order valence-corrected chi connectivity index (χ2v) is 3.83. The minimum Gasteiger partial charge on any atom is -0.351 e. The lowest BCUT2D eigenvalue weighted by Gasteiger charge is -2.01. The van der Waals surface area contributed by atoms with Crippen molar-refractivity contribution in [2.24, 2.45) is 3.15 Å². The van der Waals surface area contributed by atoms with Gasteiger partial charge in [-0.25, -0.2) is 3.15 Å². The molecule has 60 valence electrons. The van der Waals surface area contributed by atoms with E-state index in [0.29, 0.717) is 6.54 Å². The highest BCUT2D eigenvalue weighted by atomic mass is 127. The average Bonchev–Trinajstić information content (AvgIpc) is 2.03. The number of amides is 1. The average molecular weight is 264 g/mol. The van der Waals surface area contributed by atoms with Gasteiger partial charge in [-0.3, -0.25) is 4.79 Å². The second kappa shape index (κ2) is 4.38. The van der Waals surface area contributed by atoms with E-state index in [4.69, 9.17) is 0 Å². The van der Waals surface area contributed by atoms with Gasteiger partial charge in [0.1, 0.15) is 0 Å². The van der Waals surface area contributed by atoms with Gasteiger partial charge < -0.3 is 5.32 Å². The lowest BCUT2D eigenvalue weighted by atomic mass is 10.4. The number of allylic oxidation sites excluding steroid dienone is 2. The molecule has 4 heteroatoms. The van der Waals surface area contributed by atoms with E-state index in [1.807, 2.05) is 12.2 Å². The molecule has 0 aromatic rings. The van der Waals surface area contributed by atoms with Gasteiger partial charge in [-0.2, -0.15) is 0 Å². The number of hydrogen-bond acceptors (Lipinski definition) is 2. The van der Waals surface area contributed by atoms with Gasteiger partial charge in [0.25, 0.3) is 0 Å². The van der Waals surface area contributed by atoms with E-state index in [1.54, 1.807) is 0 Å². The highest BCUT2D eigenvalue weighted by Gasteiger charge is 1.95. The molecular weight excluding hydrogens is 255 g/mol. The largest absolute Gasteiger partial charge is 0.351 e. The van der Waals surface area contributed by atoms with Crippen molar-refractivity contribution in [1.29, 1.82) is 0 Å². The number of hydrogen-bond donors (Lipinski definition) is 1. The number of carbonyl (C=O) groups is 1. The van der Waals surface area contributed by atoms with Crippen molar-refractivity contribution in [2.75, 3.05) is 6.54 Å². The Kier molecular flexibility index (Phi) is 3.41. The maximum atomic E-state index is 10.5. The molecule has 0 saturated carbocycles. The van der Waals surface area contributed by atoms with E-state index < -0.39 is 0 Å². The SMILES string of the molecule is CC(=O)NCC1=CC=CI=N1. The minimum atomic E-state index is -0.133. The van der Waals surface area contributed by atoms with Crippen LogP contribution in [0.4, 0.5) is 0 Å². The van der Waals surface area contributed by atoms with Gasteiger partial charge in [-0.15, -0.1) is 0 Å². The fourth-order valence-corrected chi connectivity index (χ4v) is 1.85. The molecule has 3 nitrogen and oxygen atoms in total. The molecule has 1 heterocycles. The van der Waals surface area contributed by atoms with Crippen molar-refractivity contribution in [3.8, 4) is 0 Å². The maximum absolute atomic E-state index is 10.5. The molecule has 1 aliphatic rings. The zero-order chi connectivity index (χ0) is 8.10. The molecule has 1 rings (SSSR count). The van der Waals surface area contributed by atoms with Crippen molar-refractivity contribution in [3.63, 3.8) is 0 Å². The van der Waals surface area contributed by atoms with E-state index in [2.05, 4.69) is 12.5 Å². The van der Waals surface area contributed by atoms with E-state index in [-0.39, 0.29) is 26.9 Å². The smallest absolute Gasteiger partial charge is 0.217 e. The number of nitrogens with zero attached hydrogens (tertiary/aromatic N) is 1. The van der Waals surface area contributed by atoms with Gasteiger partial charge >= 0.3 is 0 Å². The first-order valence-corrected chi connectivity index (χ1v) is 5.44. The summed E-state index contributed by atoms with van der Waals surface area (Å²) in [6.07, 6.45) is 3.93. The van der Waals surface area contributed by atoms with Crippen LogP contribution in [-0.2, 0) is 4.79 Å². The number of halogens is 1. The van der Waals surface area contributed by atoms with Crippen LogP contribution in [0.25, 0.3) is 0 Å². The van der Waals surface area contributed by atoms with E-state index in [9.17, 15) is 4.79 Å². The molecule has 0 saturated heterocycles. The summed E-state index contributed by atoms with van der Waals surface area (Å²) in [4.78, 5) is 10.5. The lowest BCUT2D eigenvalue weighted by molar-refractivity contribution is -0.118. The molecule has 1 N–H and O–H groups in total. The first-order chi connectivity index (χ1) is 5.29. The standard InChI is InChI=1S/C7H9IN2O/c1-6(11)9-5-7-3-2-4-8-10-7/h2-4H,5H2,1H3,(H,9,11). The van der Waals surface area contributed by atoms with Crippen LogP contribution in [0.5, 0.6) is 0 Å². The summed E-state index contributed by atoms with van der Waals surface area (Å²) in [7, 11) is 0. The van der Waals surface area contributed by atoms with Gasteiger partial charge in [0.15, 0.2) is 0 Å². The Bertz CT molecular complexity index is 243. The fourth-order valence-electron chi connectivity index (χ4n) is 0.603. The summed E-state index contributed by atoms with van der Waals surface area (Å²) in [5.41, 5.74) is 0.982. The summed E-state index contributed by atoms with van der Waals surface area (Å²) in [6.45, 7) is 2.08. The van der Waals surface area contributed by atoms with Gasteiger partial charge in [0.2, 0.25) is 5.91 Å². The van der Waals surface area contributed by atoms with Gasteiger partial charge in [-0.1, -0.05) is 6.08 Å². The number of nitrogens with one attached hydrogen (secondary N) is 1. The van der Waals surface area contributed by atoms with Crippen LogP contribution in [0, 0.1) is 0 Å². The molecule has 0 spiro atoms. The third kappa shape index (κ3) is 3.41. The Balaban J connectivity index is 2.38. The van der Waals surface area contributed by atoms with Crippen molar-refractivity contribution >= 4 is 26.9 Å². The number of carbonyl (C=O) groups excluding carboxylic acids is 1. The molecule has 1 amide bonds. The van der Waals surface area contributed by atoms with Crippen LogP contribution in [0.2, 0.25) is 0 Å². The Morgan fingerprint density at radius 2 is 2.64 bits per heavy atom. The van der Waals surface area contributed by atoms with E-state index >= 15 is 0 Å². The fraction of sp³-hybridized carbons (Fsp3) is 0.286. The summed E-state index contributed by atoms with van der Waals surface area (Å²) in [6, 6.07) is 0. The third-order valence-corrected chi connectivity index (χ3v) is 2.73. The maximum Gasteiger partial charge on any atom is 0.217 e. The molecule has 0 radical (unpaired) electrons. The minimum absolute atomic E-state index is 0.00569. The second-order valence-electron chi connectivity index (χ2n) is 2.07. The third-order valence-electron chi connectivity index (χ3n) is 1.09. The molecular formula is C7H9IN2O. The Morgan fingerprint density at radius 1 is 1.82 bits per heavy atom. The molecule has 0 atom stereocenters. The van der Waals surface area contributed by atoms with Crippen LogP contribution >= 0.6 is 21.0 Å². The normalized spacial score (nSPS) is 15.2. The highest BCUT2D eigenvalue weighted by Crippen LogP contribution is 2.14. The predicted molar refractivity (Wildman–Crippen MR) is 52.4 cm³/mol. The van der Waals surface area contributed by atoms with E-state index in [0.717, 1.165) is 5.70 Å². The van der Waals surface area contributed by atoms with Crippen molar-refractivity contribution in [2.45, 2.75) is 6.92 Å². The number of rotatable bonds is 2. The van der Waals surface area contributed by atoms with Crippen LogP contribution in [0.3, 0.4) is 0 Å². The summed E-state index contributed by atoms with van der Waals surface area (Å²) >= 11 is -0.133. The summed E-state index contributed by atoms with van der Waals surface area (Å²) in [5, 5.41) is 2.70. The summed E-state index contributed by atoms with van der Waals surface area (Å²) in [5.74, 6) is -0.00569. The molecule has 11 heavy (non-hydrogen) atoms. The molecule has 0 bridgehead atoms. The van der Waals surface area contributed by atoms with E-state index in [1.165, 1.54) is 6.92 Å². The quantitative estimate of drug-likeness (QED) is 0.757. The van der Waals surface area contributed by atoms with Crippen molar-refractivity contribution in [3.05, 3.63) is 21.9 Å². The van der Waals surface area contributed by atoms with Crippen LogP contribution in [0.15, 0.2) is 25.1 Å². The first-order valence-electron chi connectivity index (χ1n) is 3.23. The summed E-state index contributed by atoms with van der Waals surface area (Å²) < 4.78 is 6.35. The zero-order valence-corrected chi connectivity index (χ0v) is 8.33. The van der Waals surface area contributed by atoms with Crippen LogP contribution in [0.1, 0.15) is 6.92 Å². The Labute approximate surface area is 75.7 Å². The van der Waals surface area contributed by atoms with Crippen LogP contribution < -0.4 is 5.32 Å². The lowest BCUT2D eigenvalue weighted by Crippen LogP contribution is -2.21. The molecule has 1 aliphatic heterocycles.